The number of halogens is 2. The number of benzene rings is 2. The molecule has 39 heavy (non-hydrogen) atoms. The maximum atomic E-state index is 13.5. The van der Waals surface area contributed by atoms with Gasteiger partial charge in [0, 0.05) is 34.8 Å². The largest absolute Gasteiger partial charge is 0.494 e. The monoisotopic (exact) mass is 591 g/mol. The quantitative estimate of drug-likeness (QED) is 0.377. The Balaban J connectivity index is 1.53. The smallest absolute Gasteiger partial charge is 0.326 e. The van der Waals surface area contributed by atoms with E-state index in [0.29, 0.717) is 23.4 Å². The van der Waals surface area contributed by atoms with E-state index in [1.807, 2.05) is 0 Å². The highest BCUT2D eigenvalue weighted by Gasteiger charge is 2.50. The van der Waals surface area contributed by atoms with Crippen molar-refractivity contribution in [2.75, 3.05) is 13.7 Å². The molecular formula is C27H27Cl2N3O6S. The number of sulfonamides is 1. The summed E-state index contributed by atoms with van der Waals surface area (Å²) in [6.45, 7) is 1.58. The van der Waals surface area contributed by atoms with Crippen LogP contribution in [0.25, 0.3) is 11.3 Å². The molecule has 1 aliphatic heterocycles. The van der Waals surface area contributed by atoms with Gasteiger partial charge in [-0.05, 0) is 55.7 Å². The van der Waals surface area contributed by atoms with Gasteiger partial charge in [0.1, 0.15) is 23.0 Å². The van der Waals surface area contributed by atoms with E-state index in [2.05, 4.69) is 10.3 Å². The standard InChI is InChI=1S/C27H27Cl2N3O6S/c1-27(10-4-12-32(27)39(36,37)21-15-19(28)14-20(29)16-21)26(35)31-22(25(33)34)13-17-6-8-18(9-7-17)24-23(38-2)5-3-11-30-24/h3,5-9,11,14-16,22H,4,10,12-13H2,1-2H3,(H,31,35)(H,33,34)/t22-,27-/m0/s1. The minimum Gasteiger partial charge on any atom is -0.494 e. The van der Waals surface area contributed by atoms with Crippen molar-refractivity contribution in [3.8, 4) is 17.0 Å². The average molecular weight is 593 g/mol. The van der Waals surface area contributed by atoms with Crippen molar-refractivity contribution in [3.05, 3.63) is 76.4 Å². The number of pyridine rings is 1. The van der Waals surface area contributed by atoms with Crippen molar-refractivity contribution in [1.29, 1.82) is 0 Å². The van der Waals surface area contributed by atoms with Crippen LogP contribution in [0.2, 0.25) is 10.0 Å². The molecule has 1 amide bonds. The van der Waals surface area contributed by atoms with Crippen molar-refractivity contribution >= 4 is 45.1 Å². The Hall–Kier alpha value is -3.18. The van der Waals surface area contributed by atoms with Crippen LogP contribution in [-0.2, 0) is 26.0 Å². The Morgan fingerprint density at radius 1 is 1.15 bits per heavy atom. The maximum absolute atomic E-state index is 13.5. The van der Waals surface area contributed by atoms with E-state index in [-0.39, 0.29) is 34.3 Å². The van der Waals surface area contributed by atoms with Crippen LogP contribution in [0.15, 0.2) is 65.7 Å². The maximum Gasteiger partial charge on any atom is 0.326 e. The number of nitrogens with one attached hydrogen (secondary N) is 1. The lowest BCUT2D eigenvalue weighted by atomic mass is 9.97. The fraction of sp³-hybridized carbons (Fsp3) is 0.296. The Labute approximate surface area is 236 Å². The predicted octanol–water partition coefficient (Wildman–Crippen LogP) is 4.42. The SMILES string of the molecule is COc1cccnc1-c1ccc(C[C@H](NC(=O)[C@]2(C)CCCN2S(=O)(=O)c2cc(Cl)cc(Cl)c2)C(=O)O)cc1. The summed E-state index contributed by atoms with van der Waals surface area (Å²) in [4.78, 5) is 29.8. The van der Waals surface area contributed by atoms with Gasteiger partial charge in [-0.15, -0.1) is 0 Å². The van der Waals surface area contributed by atoms with E-state index in [0.717, 1.165) is 9.87 Å². The number of aromatic nitrogens is 1. The van der Waals surface area contributed by atoms with Crippen LogP contribution < -0.4 is 10.1 Å². The summed E-state index contributed by atoms with van der Waals surface area (Å²) in [5.41, 5.74) is 0.593. The molecule has 3 aromatic rings. The van der Waals surface area contributed by atoms with E-state index in [1.165, 1.54) is 25.1 Å². The molecule has 9 nitrogen and oxygen atoms in total. The van der Waals surface area contributed by atoms with Gasteiger partial charge < -0.3 is 15.2 Å². The molecule has 0 saturated carbocycles. The third-order valence-electron chi connectivity index (χ3n) is 6.75. The number of carbonyl (C=O) groups is 2. The molecule has 0 bridgehead atoms. The Kier molecular flexibility index (Phi) is 8.51. The Morgan fingerprint density at radius 2 is 1.82 bits per heavy atom. The van der Waals surface area contributed by atoms with Gasteiger partial charge in [0.15, 0.2) is 0 Å². The number of nitrogens with zero attached hydrogens (tertiary/aromatic N) is 2. The van der Waals surface area contributed by atoms with Crippen LogP contribution in [0.1, 0.15) is 25.3 Å². The first-order valence-corrected chi connectivity index (χ1v) is 14.3. The first kappa shape index (κ1) is 28.8. The summed E-state index contributed by atoms with van der Waals surface area (Å²) < 4.78 is 33.4. The van der Waals surface area contributed by atoms with Gasteiger partial charge >= 0.3 is 5.97 Å². The fourth-order valence-corrected chi connectivity index (χ4v) is 7.21. The number of hydrogen-bond donors (Lipinski definition) is 2. The van der Waals surface area contributed by atoms with Gasteiger partial charge in [-0.25, -0.2) is 13.2 Å². The number of carboxylic acid groups (broad SMARTS) is 1. The molecule has 0 unspecified atom stereocenters. The van der Waals surface area contributed by atoms with Gasteiger partial charge in [0.2, 0.25) is 15.9 Å². The second-order valence-electron chi connectivity index (χ2n) is 9.38. The number of ether oxygens (including phenoxy) is 1. The Morgan fingerprint density at radius 3 is 2.44 bits per heavy atom. The third kappa shape index (κ3) is 6.04. The van der Waals surface area contributed by atoms with Gasteiger partial charge in [0.25, 0.3) is 0 Å². The molecule has 12 heteroatoms. The van der Waals surface area contributed by atoms with Crippen molar-refractivity contribution in [2.24, 2.45) is 0 Å². The topological polar surface area (TPSA) is 126 Å². The fourth-order valence-electron chi connectivity index (χ4n) is 4.68. The zero-order valence-corrected chi connectivity index (χ0v) is 23.6. The van der Waals surface area contributed by atoms with E-state index in [9.17, 15) is 23.1 Å². The molecule has 206 valence electrons. The van der Waals surface area contributed by atoms with Crippen LogP contribution in [-0.4, -0.2) is 59.9 Å². The number of amides is 1. The van der Waals surface area contributed by atoms with Crippen molar-refractivity contribution in [2.45, 2.75) is 42.7 Å². The molecule has 0 spiro atoms. The molecule has 2 N–H and O–H groups in total. The van der Waals surface area contributed by atoms with Crippen LogP contribution in [0.5, 0.6) is 5.75 Å². The number of hydrogen-bond acceptors (Lipinski definition) is 6. The lowest BCUT2D eigenvalue weighted by molar-refractivity contribution is -0.143. The van der Waals surface area contributed by atoms with Gasteiger partial charge in [-0.2, -0.15) is 4.31 Å². The summed E-state index contributed by atoms with van der Waals surface area (Å²) >= 11 is 12.0. The number of methoxy groups -OCH3 is 1. The molecule has 1 fully saturated rings. The van der Waals surface area contributed by atoms with Crippen molar-refractivity contribution in [1.82, 2.24) is 14.6 Å². The average Bonchev–Trinajstić information content (AvgIpc) is 3.31. The minimum atomic E-state index is -4.15. The summed E-state index contributed by atoms with van der Waals surface area (Å²) in [5.74, 6) is -1.33. The van der Waals surface area contributed by atoms with Gasteiger partial charge in [-0.1, -0.05) is 47.5 Å². The highest BCUT2D eigenvalue weighted by molar-refractivity contribution is 7.89. The zero-order valence-electron chi connectivity index (χ0n) is 21.2. The molecule has 2 heterocycles. The van der Waals surface area contributed by atoms with Crippen LogP contribution >= 0.6 is 23.2 Å². The van der Waals surface area contributed by atoms with Crippen molar-refractivity contribution in [3.63, 3.8) is 0 Å². The molecule has 1 aliphatic rings. The van der Waals surface area contributed by atoms with Gasteiger partial charge in [-0.3, -0.25) is 9.78 Å². The highest BCUT2D eigenvalue weighted by atomic mass is 35.5. The predicted molar refractivity (Wildman–Crippen MR) is 147 cm³/mol. The summed E-state index contributed by atoms with van der Waals surface area (Å²) in [6.07, 6.45) is 2.29. The summed E-state index contributed by atoms with van der Waals surface area (Å²) in [7, 11) is -2.60. The third-order valence-corrected chi connectivity index (χ3v) is 9.18. The molecule has 4 rings (SSSR count). The molecule has 2 aromatic carbocycles. The zero-order chi connectivity index (χ0) is 28.4. The normalized spacial score (nSPS) is 18.5. The van der Waals surface area contributed by atoms with E-state index < -0.39 is 33.5 Å². The first-order chi connectivity index (χ1) is 18.5. The van der Waals surface area contributed by atoms with E-state index in [4.69, 9.17) is 27.9 Å². The highest BCUT2D eigenvalue weighted by Crippen LogP contribution is 2.36. The first-order valence-electron chi connectivity index (χ1n) is 12.1. The minimum absolute atomic E-state index is 0.00651. The molecule has 1 saturated heterocycles. The molecule has 2 atom stereocenters. The van der Waals surface area contributed by atoms with Crippen LogP contribution in [0.4, 0.5) is 0 Å². The van der Waals surface area contributed by atoms with E-state index in [1.54, 1.807) is 49.7 Å². The van der Waals surface area contributed by atoms with E-state index >= 15 is 0 Å². The molecule has 0 aliphatic carbocycles. The summed E-state index contributed by atoms with van der Waals surface area (Å²) in [5, 5.41) is 12.7. The van der Waals surface area contributed by atoms with Crippen molar-refractivity contribution < 1.29 is 27.9 Å². The Bertz CT molecular complexity index is 1480. The van der Waals surface area contributed by atoms with Crippen LogP contribution in [0.3, 0.4) is 0 Å². The van der Waals surface area contributed by atoms with Crippen LogP contribution in [0, 0.1) is 0 Å². The lowest BCUT2D eigenvalue weighted by Crippen LogP contribution is -2.58. The number of aliphatic carboxylic acids is 1. The second kappa shape index (κ2) is 11.5. The molecule has 1 aromatic heterocycles. The molecule has 0 radical (unpaired) electrons. The molecular weight excluding hydrogens is 565 g/mol. The van der Waals surface area contributed by atoms with Gasteiger partial charge in [0.05, 0.1) is 12.0 Å². The summed E-state index contributed by atoms with van der Waals surface area (Å²) in [6, 6.07) is 13.3. The number of carboxylic acids is 1. The second-order valence-corrected chi connectivity index (χ2v) is 12.1. The number of carbonyl (C=O) groups excluding carboxylic acids is 1. The lowest BCUT2D eigenvalue weighted by Gasteiger charge is -2.34. The number of rotatable bonds is 9.